The van der Waals surface area contributed by atoms with Crippen LogP contribution >= 0.6 is 15.9 Å². The second-order valence-corrected chi connectivity index (χ2v) is 7.19. The van der Waals surface area contributed by atoms with E-state index in [-0.39, 0.29) is 5.91 Å². The van der Waals surface area contributed by atoms with Gasteiger partial charge >= 0.3 is 0 Å². The molecule has 156 valence electrons. The Kier molecular flexibility index (Phi) is 22.7. The molecular formula is C20H40BrNO4. The molecule has 0 aromatic heterocycles. The van der Waals surface area contributed by atoms with Gasteiger partial charge in [-0.3, -0.25) is 4.79 Å². The van der Waals surface area contributed by atoms with Gasteiger partial charge in [0.15, 0.2) is 0 Å². The smallest absolute Gasteiger partial charge is 0.230 e. The van der Waals surface area contributed by atoms with Crippen molar-refractivity contribution in [1.82, 2.24) is 5.32 Å². The third-order valence-corrected chi connectivity index (χ3v) is 4.67. The van der Waals surface area contributed by atoms with Crippen molar-refractivity contribution in [1.29, 1.82) is 0 Å². The first kappa shape index (κ1) is 25.8. The lowest BCUT2D eigenvalue weighted by Gasteiger charge is -2.06. The average molecular weight is 438 g/mol. The predicted octanol–water partition coefficient (Wildman–Crippen LogP) is 5.16. The molecule has 0 saturated heterocycles. The summed E-state index contributed by atoms with van der Waals surface area (Å²) in [5.74, 6) is -0.0319. The highest BCUT2D eigenvalue weighted by molar-refractivity contribution is 9.09. The van der Waals surface area contributed by atoms with Crippen LogP contribution < -0.4 is 5.32 Å². The molecule has 0 rings (SSSR count). The molecule has 1 N–H and O–H groups in total. The van der Waals surface area contributed by atoms with Crippen molar-refractivity contribution in [2.45, 2.75) is 84.0 Å². The molecule has 0 aliphatic carbocycles. The molecule has 0 atom stereocenters. The highest BCUT2D eigenvalue weighted by Gasteiger charge is 1.97. The zero-order chi connectivity index (χ0) is 19.1. The number of rotatable bonds is 21. The Morgan fingerprint density at radius 1 is 0.731 bits per heavy atom. The normalized spacial score (nSPS) is 11.0. The summed E-state index contributed by atoms with van der Waals surface area (Å²) in [4.78, 5) is 21.1. The quantitative estimate of drug-likeness (QED) is 0.116. The molecule has 1 amide bonds. The van der Waals surface area contributed by atoms with Crippen LogP contribution in [0.2, 0.25) is 0 Å². The van der Waals surface area contributed by atoms with E-state index in [0.717, 1.165) is 6.42 Å². The van der Waals surface area contributed by atoms with Crippen molar-refractivity contribution >= 4 is 21.8 Å². The number of nitrogens with one attached hydrogen (secondary N) is 1. The van der Waals surface area contributed by atoms with Crippen molar-refractivity contribution in [3.8, 4) is 0 Å². The molecule has 0 spiro atoms. The summed E-state index contributed by atoms with van der Waals surface area (Å²) in [7, 11) is 0. The zero-order valence-electron chi connectivity index (χ0n) is 16.7. The van der Waals surface area contributed by atoms with E-state index in [0.29, 0.717) is 38.3 Å². The van der Waals surface area contributed by atoms with Gasteiger partial charge in [0.2, 0.25) is 5.91 Å². The number of hydrogen-bond acceptors (Lipinski definition) is 4. The first-order chi connectivity index (χ1) is 12.8. The van der Waals surface area contributed by atoms with E-state index in [1.807, 2.05) is 0 Å². The van der Waals surface area contributed by atoms with E-state index in [9.17, 15) is 4.79 Å². The SMILES string of the molecule is CCCCCCCCCCCCCCOOCCOCCNC(=O)CBr. The fourth-order valence-electron chi connectivity index (χ4n) is 2.62. The van der Waals surface area contributed by atoms with Crippen LogP contribution in [0.5, 0.6) is 0 Å². The van der Waals surface area contributed by atoms with E-state index in [1.54, 1.807) is 0 Å². The maximum absolute atomic E-state index is 10.9. The molecule has 0 fully saturated rings. The van der Waals surface area contributed by atoms with Gasteiger partial charge in [0.1, 0.15) is 6.61 Å². The fourth-order valence-corrected chi connectivity index (χ4v) is 2.82. The van der Waals surface area contributed by atoms with E-state index in [2.05, 4.69) is 28.2 Å². The van der Waals surface area contributed by atoms with E-state index < -0.39 is 0 Å². The summed E-state index contributed by atoms with van der Waals surface area (Å²) in [5.41, 5.74) is 0. The topological polar surface area (TPSA) is 56.8 Å². The van der Waals surface area contributed by atoms with Crippen LogP contribution in [-0.2, 0) is 19.3 Å². The predicted molar refractivity (Wildman–Crippen MR) is 111 cm³/mol. The number of ether oxygens (including phenoxy) is 1. The lowest BCUT2D eigenvalue weighted by atomic mass is 10.1. The Labute approximate surface area is 169 Å². The molecule has 0 bridgehead atoms. The first-order valence-electron chi connectivity index (χ1n) is 10.5. The summed E-state index contributed by atoms with van der Waals surface area (Å²) < 4.78 is 5.31. The average Bonchev–Trinajstić information content (AvgIpc) is 2.66. The molecule has 0 aliphatic rings. The van der Waals surface area contributed by atoms with Crippen LogP contribution in [0.25, 0.3) is 0 Å². The van der Waals surface area contributed by atoms with E-state index in [1.165, 1.54) is 70.6 Å². The Bertz CT molecular complexity index is 293. The number of hydrogen-bond donors (Lipinski definition) is 1. The van der Waals surface area contributed by atoms with Crippen LogP contribution in [0.1, 0.15) is 84.0 Å². The minimum atomic E-state index is -0.0319. The van der Waals surface area contributed by atoms with Crippen molar-refractivity contribution in [3.63, 3.8) is 0 Å². The third kappa shape index (κ3) is 21.9. The molecule has 0 aromatic carbocycles. The molecular weight excluding hydrogens is 398 g/mol. The van der Waals surface area contributed by atoms with Crippen LogP contribution in [-0.4, -0.2) is 44.2 Å². The number of unbranched alkanes of at least 4 members (excludes halogenated alkanes) is 11. The lowest BCUT2D eigenvalue weighted by molar-refractivity contribution is -0.299. The Hall–Kier alpha value is -0.170. The standard InChI is InChI=1S/C20H40BrNO4/c1-2-3-4-5-6-7-8-9-10-11-12-13-15-25-26-18-17-24-16-14-22-20(23)19-21/h2-19H2,1H3,(H,22,23). The number of carbonyl (C=O) groups is 1. The maximum Gasteiger partial charge on any atom is 0.230 e. The zero-order valence-corrected chi connectivity index (χ0v) is 18.3. The van der Waals surface area contributed by atoms with Gasteiger partial charge in [-0.1, -0.05) is 93.5 Å². The van der Waals surface area contributed by atoms with E-state index in [4.69, 9.17) is 14.5 Å². The molecule has 0 heterocycles. The summed E-state index contributed by atoms with van der Waals surface area (Å²) in [6.07, 6.45) is 16.1. The summed E-state index contributed by atoms with van der Waals surface area (Å²) >= 11 is 3.08. The largest absolute Gasteiger partial charge is 0.377 e. The molecule has 5 nitrogen and oxygen atoms in total. The van der Waals surface area contributed by atoms with Crippen molar-refractivity contribution < 1.29 is 19.3 Å². The van der Waals surface area contributed by atoms with Crippen molar-refractivity contribution in [2.24, 2.45) is 0 Å². The highest BCUT2D eigenvalue weighted by atomic mass is 79.9. The van der Waals surface area contributed by atoms with Gasteiger partial charge in [0.25, 0.3) is 0 Å². The van der Waals surface area contributed by atoms with Crippen molar-refractivity contribution in [2.75, 3.05) is 38.3 Å². The van der Waals surface area contributed by atoms with E-state index >= 15 is 0 Å². The molecule has 0 saturated carbocycles. The van der Waals surface area contributed by atoms with Gasteiger partial charge in [0, 0.05) is 6.54 Å². The lowest BCUT2D eigenvalue weighted by Crippen LogP contribution is -2.28. The second-order valence-electron chi connectivity index (χ2n) is 6.63. The highest BCUT2D eigenvalue weighted by Crippen LogP contribution is 2.11. The van der Waals surface area contributed by atoms with Crippen LogP contribution in [0, 0.1) is 0 Å². The Morgan fingerprint density at radius 2 is 1.27 bits per heavy atom. The molecule has 0 aliphatic heterocycles. The molecule has 26 heavy (non-hydrogen) atoms. The van der Waals surface area contributed by atoms with Gasteiger partial charge < -0.3 is 10.1 Å². The number of alkyl halides is 1. The minimum Gasteiger partial charge on any atom is -0.377 e. The maximum atomic E-state index is 10.9. The van der Waals surface area contributed by atoms with Gasteiger partial charge in [-0.15, -0.1) is 0 Å². The fraction of sp³-hybridized carbons (Fsp3) is 0.950. The minimum absolute atomic E-state index is 0.0319. The van der Waals surface area contributed by atoms with Crippen LogP contribution in [0.15, 0.2) is 0 Å². The van der Waals surface area contributed by atoms with Gasteiger partial charge in [-0.25, -0.2) is 9.78 Å². The third-order valence-electron chi connectivity index (χ3n) is 4.17. The van der Waals surface area contributed by atoms with Crippen LogP contribution in [0.3, 0.4) is 0 Å². The molecule has 0 aromatic rings. The molecule has 0 unspecified atom stereocenters. The first-order valence-corrected chi connectivity index (χ1v) is 11.6. The Morgan fingerprint density at radius 3 is 1.85 bits per heavy atom. The Balaban J connectivity index is 3.00. The number of carbonyl (C=O) groups excluding carboxylic acids is 1. The molecule has 0 radical (unpaired) electrons. The summed E-state index contributed by atoms with van der Waals surface area (Å²) in [6, 6.07) is 0. The van der Waals surface area contributed by atoms with Gasteiger partial charge in [-0.2, -0.15) is 0 Å². The number of amides is 1. The van der Waals surface area contributed by atoms with Crippen molar-refractivity contribution in [3.05, 3.63) is 0 Å². The van der Waals surface area contributed by atoms with Crippen LogP contribution in [0.4, 0.5) is 0 Å². The summed E-state index contributed by atoms with van der Waals surface area (Å²) in [6.45, 7) is 4.82. The second kappa shape index (κ2) is 22.9. The summed E-state index contributed by atoms with van der Waals surface area (Å²) in [5, 5.41) is 3.03. The van der Waals surface area contributed by atoms with Gasteiger partial charge in [-0.05, 0) is 6.42 Å². The molecule has 6 heteroatoms. The monoisotopic (exact) mass is 437 g/mol. The number of halogens is 1. The van der Waals surface area contributed by atoms with Gasteiger partial charge in [0.05, 0.1) is 25.2 Å².